The standard InChI is InChI=1S/C23H20Br2N6O4.C3H8N4O2/c1-3-30-16-7-5-12(24)9-14(16)20(22(30)34)28-26-18(32)11-19(33)27-29-21-15-10-13(25)6-8-17(15)31(4-2)23(21)35;4-6-2(8)1-3(9)7-5/h5-10,34-35H,3-4,11H2,1-2H3;1,4-5H2,(H,6,8)(H,7,9). The second kappa shape index (κ2) is 15.3. The number of halogens is 2. The summed E-state index contributed by atoms with van der Waals surface area (Å²) in [5, 5.41) is 37.2. The van der Waals surface area contributed by atoms with Crippen LogP contribution in [0.4, 0.5) is 11.4 Å². The monoisotopic (exact) mass is 734 g/mol. The number of carbonyl (C=O) groups is 4. The first-order valence-corrected chi connectivity index (χ1v) is 14.4. The average molecular weight is 736 g/mol. The molecule has 0 fully saturated rings. The van der Waals surface area contributed by atoms with Crippen LogP contribution in [0.2, 0.25) is 0 Å². The molecule has 8 N–H and O–H groups in total. The van der Waals surface area contributed by atoms with Gasteiger partial charge in [0.2, 0.25) is 23.6 Å². The molecule has 0 unspecified atom stereocenters. The molecule has 0 spiro atoms. The maximum atomic E-state index is 12.3. The minimum Gasteiger partial charge on any atom is -0.493 e. The van der Waals surface area contributed by atoms with Gasteiger partial charge in [-0.1, -0.05) is 31.9 Å². The molecular formula is C26H28Br2N10O6. The van der Waals surface area contributed by atoms with Gasteiger partial charge in [0.25, 0.3) is 11.8 Å². The van der Waals surface area contributed by atoms with E-state index in [0.29, 0.717) is 23.9 Å². The predicted octanol–water partition coefficient (Wildman–Crippen LogP) is 4.24. The van der Waals surface area contributed by atoms with Gasteiger partial charge in [-0.3, -0.25) is 30.0 Å². The van der Waals surface area contributed by atoms with Crippen molar-refractivity contribution in [2.75, 3.05) is 0 Å². The third-order valence-electron chi connectivity index (χ3n) is 6.05. The molecule has 232 valence electrons. The molecule has 4 aromatic rings. The van der Waals surface area contributed by atoms with Crippen molar-refractivity contribution in [2.24, 2.45) is 32.1 Å². The van der Waals surface area contributed by atoms with E-state index in [1.54, 1.807) is 32.1 Å². The Morgan fingerprint density at radius 1 is 0.727 bits per heavy atom. The van der Waals surface area contributed by atoms with Gasteiger partial charge in [0, 0.05) is 32.8 Å². The van der Waals surface area contributed by atoms with Gasteiger partial charge in [-0.2, -0.15) is 0 Å². The number of hydrogen-bond acceptors (Lipinski definition) is 10. The number of aryl methyl sites for hydroxylation is 2. The molecule has 0 aliphatic heterocycles. The highest BCUT2D eigenvalue weighted by atomic mass is 79.9. The van der Waals surface area contributed by atoms with E-state index >= 15 is 0 Å². The quantitative estimate of drug-likeness (QED) is 0.0501. The largest absolute Gasteiger partial charge is 0.493 e. The Morgan fingerprint density at radius 3 is 1.45 bits per heavy atom. The lowest BCUT2D eigenvalue weighted by molar-refractivity contribution is -0.130. The maximum absolute atomic E-state index is 12.3. The van der Waals surface area contributed by atoms with Crippen LogP contribution in [0.25, 0.3) is 21.8 Å². The van der Waals surface area contributed by atoms with Gasteiger partial charge >= 0.3 is 0 Å². The zero-order valence-corrected chi connectivity index (χ0v) is 26.6. The highest BCUT2D eigenvalue weighted by molar-refractivity contribution is 9.10. The summed E-state index contributed by atoms with van der Waals surface area (Å²) in [7, 11) is 0. The van der Waals surface area contributed by atoms with Crippen LogP contribution in [0, 0.1) is 0 Å². The van der Waals surface area contributed by atoms with Crippen LogP contribution in [0.15, 0.2) is 65.8 Å². The minimum atomic E-state index is -0.844. The normalized spacial score (nSPS) is 11.2. The number of fused-ring (bicyclic) bond motifs is 2. The van der Waals surface area contributed by atoms with E-state index in [4.69, 9.17) is 0 Å². The summed E-state index contributed by atoms with van der Waals surface area (Å²) >= 11 is 6.76. The van der Waals surface area contributed by atoms with Crippen LogP contribution in [0.5, 0.6) is 11.8 Å². The second-order valence-corrected chi connectivity index (χ2v) is 10.7. The minimum absolute atomic E-state index is 0.128. The number of hydrogen-bond donors (Lipinski definition) is 6. The fourth-order valence-electron chi connectivity index (χ4n) is 4.09. The number of nitrogens with zero attached hydrogens (tertiary/aromatic N) is 6. The third-order valence-corrected chi connectivity index (χ3v) is 7.03. The fraction of sp³-hybridized carbons (Fsp3) is 0.231. The number of amides is 4. The molecule has 0 aliphatic carbocycles. The molecule has 0 aliphatic rings. The second-order valence-electron chi connectivity index (χ2n) is 8.83. The number of azo groups is 2. The number of nitrogens with one attached hydrogen (secondary N) is 2. The van der Waals surface area contributed by atoms with Gasteiger partial charge in [0.05, 0.1) is 11.0 Å². The molecule has 18 heteroatoms. The molecule has 4 rings (SSSR count). The number of aromatic nitrogens is 2. The zero-order valence-electron chi connectivity index (χ0n) is 23.4. The molecule has 4 amide bonds. The van der Waals surface area contributed by atoms with Crippen molar-refractivity contribution in [3.05, 3.63) is 45.3 Å². The lowest BCUT2D eigenvalue weighted by atomic mass is 10.2. The van der Waals surface area contributed by atoms with E-state index in [1.165, 1.54) is 0 Å². The molecule has 0 saturated carbocycles. The van der Waals surface area contributed by atoms with E-state index < -0.39 is 30.0 Å². The lowest BCUT2D eigenvalue weighted by Crippen LogP contribution is -2.37. The number of aromatic hydroxyl groups is 2. The van der Waals surface area contributed by atoms with Crippen LogP contribution in [0.1, 0.15) is 26.7 Å². The molecule has 2 aromatic heterocycles. The summed E-state index contributed by atoms with van der Waals surface area (Å²) in [4.78, 5) is 45.0. The molecule has 0 saturated heterocycles. The number of nitrogens with two attached hydrogens (primary N) is 2. The summed E-state index contributed by atoms with van der Waals surface area (Å²) in [6.07, 6.45) is -1.01. The van der Waals surface area contributed by atoms with Gasteiger partial charge in [0.1, 0.15) is 12.8 Å². The topological polar surface area (TPSA) is 244 Å². The Labute approximate surface area is 266 Å². The summed E-state index contributed by atoms with van der Waals surface area (Å²) < 4.78 is 4.82. The van der Waals surface area contributed by atoms with E-state index in [-0.39, 0.29) is 29.6 Å². The van der Waals surface area contributed by atoms with Crippen LogP contribution < -0.4 is 22.5 Å². The maximum Gasteiger partial charge on any atom is 0.274 e. The Bertz CT molecular complexity index is 1670. The first kappa shape index (κ1) is 34.0. The van der Waals surface area contributed by atoms with E-state index in [2.05, 4.69) is 64.0 Å². The van der Waals surface area contributed by atoms with Crippen LogP contribution in [-0.4, -0.2) is 43.0 Å². The van der Waals surface area contributed by atoms with Gasteiger partial charge in [-0.05, 0) is 50.2 Å². The highest BCUT2D eigenvalue weighted by Crippen LogP contribution is 2.41. The molecular weight excluding hydrogens is 708 g/mol. The van der Waals surface area contributed by atoms with E-state index in [9.17, 15) is 29.4 Å². The van der Waals surface area contributed by atoms with Crippen LogP contribution in [0.3, 0.4) is 0 Å². The number of benzene rings is 2. The van der Waals surface area contributed by atoms with E-state index in [0.717, 1.165) is 20.0 Å². The summed E-state index contributed by atoms with van der Waals surface area (Å²) in [5.74, 6) is 6.22. The Hall–Kier alpha value is -4.52. The van der Waals surface area contributed by atoms with Gasteiger partial charge in [-0.25, -0.2) is 11.7 Å². The number of rotatable bonds is 8. The van der Waals surface area contributed by atoms with Crippen molar-refractivity contribution in [1.29, 1.82) is 0 Å². The SMILES string of the molecule is CCn1c(O)c(N=NC(=O)CC(=O)N=Nc2c(O)n(CC)c3ccc(Br)cc23)c2cc(Br)ccc21.NNC(=O)CC(=O)NN. The molecule has 16 nitrogen and oxygen atoms in total. The van der Waals surface area contributed by atoms with Crippen molar-refractivity contribution in [3.8, 4) is 11.8 Å². The van der Waals surface area contributed by atoms with Crippen molar-refractivity contribution >= 4 is 88.7 Å². The molecule has 0 bridgehead atoms. The molecule has 0 radical (unpaired) electrons. The zero-order chi connectivity index (χ0) is 32.6. The first-order chi connectivity index (χ1) is 20.9. The average Bonchev–Trinajstić information content (AvgIpc) is 3.42. The predicted molar refractivity (Wildman–Crippen MR) is 167 cm³/mol. The van der Waals surface area contributed by atoms with Crippen LogP contribution >= 0.6 is 31.9 Å². The smallest absolute Gasteiger partial charge is 0.274 e. The first-order valence-electron chi connectivity index (χ1n) is 12.8. The van der Waals surface area contributed by atoms with Crippen molar-refractivity contribution < 1.29 is 29.4 Å². The number of hydrazine groups is 2. The molecule has 2 heterocycles. The molecule has 44 heavy (non-hydrogen) atoms. The highest BCUT2D eigenvalue weighted by Gasteiger charge is 2.19. The van der Waals surface area contributed by atoms with E-state index in [1.807, 2.05) is 38.1 Å². The Kier molecular flexibility index (Phi) is 11.8. The lowest BCUT2D eigenvalue weighted by Gasteiger charge is -2.01. The van der Waals surface area contributed by atoms with Gasteiger partial charge in [-0.15, -0.1) is 20.5 Å². The number of carbonyl (C=O) groups excluding carboxylic acids is 4. The Balaban J connectivity index is 0.000000512. The Morgan fingerprint density at radius 2 is 1.11 bits per heavy atom. The molecule has 2 aromatic carbocycles. The summed E-state index contributed by atoms with van der Waals surface area (Å²) in [6, 6.07) is 10.8. The van der Waals surface area contributed by atoms with Crippen molar-refractivity contribution in [1.82, 2.24) is 20.0 Å². The molecule has 0 atom stereocenters. The van der Waals surface area contributed by atoms with Crippen molar-refractivity contribution in [2.45, 2.75) is 39.8 Å². The van der Waals surface area contributed by atoms with Gasteiger partial charge < -0.3 is 19.3 Å². The van der Waals surface area contributed by atoms with Gasteiger partial charge in [0.15, 0.2) is 11.4 Å². The summed E-state index contributed by atoms with van der Waals surface area (Å²) in [6.45, 7) is 4.71. The summed E-state index contributed by atoms with van der Waals surface area (Å²) in [5.41, 5.74) is 5.28. The third kappa shape index (κ3) is 7.90. The van der Waals surface area contributed by atoms with Crippen LogP contribution in [-0.2, 0) is 32.3 Å². The fourth-order valence-corrected chi connectivity index (χ4v) is 4.81. The van der Waals surface area contributed by atoms with Crippen molar-refractivity contribution in [3.63, 3.8) is 0 Å².